The summed E-state index contributed by atoms with van der Waals surface area (Å²) in [6.07, 6.45) is 1.12. The first kappa shape index (κ1) is 13.1. The second-order valence-corrected chi connectivity index (χ2v) is 5.20. The Balaban J connectivity index is 1.89. The summed E-state index contributed by atoms with van der Waals surface area (Å²) in [5.74, 6) is 0.563. The van der Waals surface area contributed by atoms with E-state index in [0.717, 1.165) is 48.6 Å². The number of halogens is 1. The lowest BCUT2D eigenvalue weighted by Gasteiger charge is -2.10. The van der Waals surface area contributed by atoms with Crippen molar-refractivity contribution < 1.29 is 9.47 Å². The summed E-state index contributed by atoms with van der Waals surface area (Å²) >= 11 is 3.57. The van der Waals surface area contributed by atoms with Crippen LogP contribution >= 0.6 is 15.9 Å². The predicted octanol–water partition coefficient (Wildman–Crippen LogP) is 2.53. The van der Waals surface area contributed by atoms with Gasteiger partial charge in [0.1, 0.15) is 0 Å². The highest BCUT2D eigenvalue weighted by Gasteiger charge is 2.17. The second-order valence-electron chi connectivity index (χ2n) is 4.41. The fourth-order valence-corrected chi connectivity index (χ4v) is 2.44. The highest BCUT2D eigenvalue weighted by atomic mass is 79.9. The predicted molar refractivity (Wildman–Crippen MR) is 68.9 cm³/mol. The van der Waals surface area contributed by atoms with Crippen molar-refractivity contribution in [2.45, 2.75) is 33.4 Å². The molecule has 1 aromatic rings. The van der Waals surface area contributed by atoms with Gasteiger partial charge >= 0.3 is 0 Å². The van der Waals surface area contributed by atoms with Crippen LogP contribution in [0.3, 0.4) is 0 Å². The molecule has 0 aliphatic carbocycles. The number of hydrogen-bond donors (Lipinski definition) is 0. The van der Waals surface area contributed by atoms with Crippen LogP contribution in [-0.2, 0) is 22.6 Å². The summed E-state index contributed by atoms with van der Waals surface area (Å²) in [5.41, 5.74) is 2.15. The minimum atomic E-state index is 0.563. The first-order chi connectivity index (χ1) is 8.22. The third-order valence-corrected chi connectivity index (χ3v) is 4.10. The highest BCUT2D eigenvalue weighted by molar-refractivity contribution is 9.10. The number of rotatable bonds is 5. The Morgan fingerprint density at radius 3 is 3.06 bits per heavy atom. The monoisotopic (exact) mass is 302 g/mol. The van der Waals surface area contributed by atoms with Gasteiger partial charge in [-0.25, -0.2) is 0 Å². The molecule has 96 valence electrons. The zero-order valence-electron chi connectivity index (χ0n) is 10.4. The Kier molecular flexibility index (Phi) is 4.59. The molecule has 1 atom stereocenters. The molecule has 1 aliphatic rings. The molecule has 0 saturated carbocycles. The number of aromatic nitrogens is 2. The zero-order chi connectivity index (χ0) is 12.3. The molecule has 0 aromatic carbocycles. The van der Waals surface area contributed by atoms with Crippen molar-refractivity contribution in [1.29, 1.82) is 0 Å². The van der Waals surface area contributed by atoms with E-state index in [1.807, 2.05) is 11.6 Å². The average Bonchev–Trinajstić information content (AvgIpc) is 2.92. The molecule has 2 rings (SSSR count). The van der Waals surface area contributed by atoms with Gasteiger partial charge in [0.2, 0.25) is 0 Å². The molecule has 0 spiro atoms. The van der Waals surface area contributed by atoms with Gasteiger partial charge < -0.3 is 9.47 Å². The molecule has 1 fully saturated rings. The largest absolute Gasteiger partial charge is 0.381 e. The Labute approximate surface area is 110 Å². The fraction of sp³-hybridized carbons (Fsp3) is 0.750. The van der Waals surface area contributed by atoms with Gasteiger partial charge in [-0.15, -0.1) is 0 Å². The second kappa shape index (κ2) is 5.98. The molecule has 5 heteroatoms. The number of nitrogens with zero attached hydrogens (tertiary/aromatic N) is 2. The third kappa shape index (κ3) is 3.09. The molecule has 0 radical (unpaired) electrons. The van der Waals surface area contributed by atoms with E-state index in [9.17, 15) is 0 Å². The van der Waals surface area contributed by atoms with Crippen LogP contribution in [-0.4, -0.2) is 29.6 Å². The summed E-state index contributed by atoms with van der Waals surface area (Å²) in [7, 11) is 0. The highest BCUT2D eigenvalue weighted by Crippen LogP contribution is 2.22. The van der Waals surface area contributed by atoms with Crippen LogP contribution < -0.4 is 0 Å². The van der Waals surface area contributed by atoms with E-state index in [-0.39, 0.29) is 0 Å². The minimum Gasteiger partial charge on any atom is -0.381 e. The number of aryl methyl sites for hydroxylation is 2. The lowest BCUT2D eigenvalue weighted by Crippen LogP contribution is -2.11. The topological polar surface area (TPSA) is 36.3 Å². The van der Waals surface area contributed by atoms with Crippen molar-refractivity contribution in [3.05, 3.63) is 15.9 Å². The fourth-order valence-electron chi connectivity index (χ4n) is 2.04. The van der Waals surface area contributed by atoms with Crippen molar-refractivity contribution in [1.82, 2.24) is 9.78 Å². The van der Waals surface area contributed by atoms with Crippen molar-refractivity contribution in [2.75, 3.05) is 19.8 Å². The summed E-state index contributed by atoms with van der Waals surface area (Å²) in [5, 5.41) is 4.44. The number of ether oxygens (including phenoxy) is 2. The molecule has 4 nitrogen and oxygen atoms in total. The molecule has 1 unspecified atom stereocenters. The van der Waals surface area contributed by atoms with Gasteiger partial charge in [-0.3, -0.25) is 4.68 Å². The molecule has 1 aromatic heterocycles. The van der Waals surface area contributed by atoms with Crippen molar-refractivity contribution in [3.63, 3.8) is 0 Å². The van der Waals surface area contributed by atoms with Gasteiger partial charge in [0.25, 0.3) is 0 Å². The van der Waals surface area contributed by atoms with Gasteiger partial charge in [0.15, 0.2) is 0 Å². The van der Waals surface area contributed by atoms with Crippen LogP contribution in [0.25, 0.3) is 0 Å². The van der Waals surface area contributed by atoms with E-state index in [2.05, 4.69) is 28.0 Å². The maximum atomic E-state index is 5.77. The summed E-state index contributed by atoms with van der Waals surface area (Å²) in [6.45, 7) is 8.08. The molecule has 2 heterocycles. The quantitative estimate of drug-likeness (QED) is 0.838. The Morgan fingerprint density at radius 2 is 2.41 bits per heavy atom. The van der Waals surface area contributed by atoms with E-state index in [0.29, 0.717) is 12.5 Å². The molecule has 0 bridgehead atoms. The van der Waals surface area contributed by atoms with E-state index in [1.54, 1.807) is 0 Å². The van der Waals surface area contributed by atoms with Gasteiger partial charge in [0.05, 0.1) is 35.7 Å². The van der Waals surface area contributed by atoms with Crippen LogP contribution in [0.4, 0.5) is 0 Å². The molecule has 0 N–H and O–H groups in total. The van der Waals surface area contributed by atoms with Gasteiger partial charge in [-0.05, 0) is 36.2 Å². The van der Waals surface area contributed by atoms with Crippen LogP contribution in [0.5, 0.6) is 0 Å². The van der Waals surface area contributed by atoms with Gasteiger partial charge in [-0.1, -0.05) is 0 Å². The van der Waals surface area contributed by atoms with Crippen LogP contribution in [0.15, 0.2) is 4.47 Å². The van der Waals surface area contributed by atoms with E-state index >= 15 is 0 Å². The standard InChI is InChI=1S/C12H19BrN2O2/c1-3-15-11(12(13)9(2)14-15)8-17-7-10-4-5-16-6-10/h10H,3-8H2,1-2H3. The maximum Gasteiger partial charge on any atom is 0.0896 e. The van der Waals surface area contributed by atoms with Gasteiger partial charge in [-0.2, -0.15) is 5.10 Å². The van der Waals surface area contributed by atoms with E-state index in [1.165, 1.54) is 0 Å². The average molecular weight is 303 g/mol. The molecule has 1 aliphatic heterocycles. The molecular formula is C12H19BrN2O2. The summed E-state index contributed by atoms with van der Waals surface area (Å²) in [4.78, 5) is 0. The number of hydrogen-bond acceptors (Lipinski definition) is 3. The lowest BCUT2D eigenvalue weighted by atomic mass is 10.1. The molecule has 0 amide bonds. The van der Waals surface area contributed by atoms with Crippen LogP contribution in [0.1, 0.15) is 24.7 Å². The smallest absolute Gasteiger partial charge is 0.0896 e. The molecule has 17 heavy (non-hydrogen) atoms. The van der Waals surface area contributed by atoms with Crippen molar-refractivity contribution in [2.24, 2.45) is 5.92 Å². The molecular weight excluding hydrogens is 284 g/mol. The molecule has 1 saturated heterocycles. The van der Waals surface area contributed by atoms with Crippen molar-refractivity contribution in [3.8, 4) is 0 Å². The minimum absolute atomic E-state index is 0.563. The Bertz CT molecular complexity index is 373. The maximum absolute atomic E-state index is 5.77. The lowest BCUT2D eigenvalue weighted by molar-refractivity contribution is 0.0748. The first-order valence-corrected chi connectivity index (χ1v) is 6.89. The first-order valence-electron chi connectivity index (χ1n) is 6.09. The summed E-state index contributed by atoms with van der Waals surface area (Å²) in [6, 6.07) is 0. The van der Waals surface area contributed by atoms with Crippen molar-refractivity contribution >= 4 is 15.9 Å². The van der Waals surface area contributed by atoms with E-state index in [4.69, 9.17) is 9.47 Å². The van der Waals surface area contributed by atoms with Crippen LogP contribution in [0, 0.1) is 12.8 Å². The van der Waals surface area contributed by atoms with E-state index < -0.39 is 0 Å². The Morgan fingerprint density at radius 1 is 1.59 bits per heavy atom. The normalized spacial score (nSPS) is 20.1. The Hall–Kier alpha value is -0.390. The van der Waals surface area contributed by atoms with Crippen LogP contribution in [0.2, 0.25) is 0 Å². The SMILES string of the molecule is CCn1nc(C)c(Br)c1COCC1CCOC1. The summed E-state index contributed by atoms with van der Waals surface area (Å²) < 4.78 is 14.2. The third-order valence-electron chi connectivity index (χ3n) is 3.07. The zero-order valence-corrected chi connectivity index (χ0v) is 12.0. The van der Waals surface area contributed by atoms with Gasteiger partial charge in [0, 0.05) is 19.1 Å².